The van der Waals surface area contributed by atoms with Crippen molar-refractivity contribution >= 4 is 53.7 Å². The van der Waals surface area contributed by atoms with Crippen LogP contribution in [0.3, 0.4) is 0 Å². The summed E-state index contributed by atoms with van der Waals surface area (Å²) in [5, 5.41) is 4.29. The number of nitrogens with zero attached hydrogens (tertiary/aromatic N) is 4. The average molecular weight is 504 g/mol. The van der Waals surface area contributed by atoms with E-state index in [0.29, 0.717) is 0 Å². The summed E-state index contributed by atoms with van der Waals surface area (Å²) in [4.78, 5) is 19.9. The van der Waals surface area contributed by atoms with Crippen LogP contribution in [0.15, 0.2) is 72.8 Å². The molecule has 0 N–H and O–H groups in total. The maximum absolute atomic E-state index is 4.98. The molecule has 0 spiro atoms. The van der Waals surface area contributed by atoms with Crippen LogP contribution in [0.1, 0.15) is 22.8 Å². The minimum atomic E-state index is 0.874. The van der Waals surface area contributed by atoms with Crippen LogP contribution in [-0.4, -0.2) is 19.9 Å². The molecule has 1 heterocycles. The van der Waals surface area contributed by atoms with Gasteiger partial charge in [-0.05, 0) is 62.7 Å². The van der Waals surface area contributed by atoms with E-state index in [1.54, 1.807) is 0 Å². The Labute approximate surface area is 211 Å². The third-order valence-electron chi connectivity index (χ3n) is 5.92. The maximum atomic E-state index is 4.98. The second kappa shape index (κ2) is 10.4. The van der Waals surface area contributed by atoms with Crippen molar-refractivity contribution in [2.45, 2.75) is 27.7 Å². The van der Waals surface area contributed by atoms with Gasteiger partial charge in [0.05, 0.1) is 44.8 Å². The minimum absolute atomic E-state index is 0.874. The molecule has 0 unspecified atom stereocenters. The number of benzene rings is 4. The number of hydrogen-bond donors (Lipinski definition) is 0. The first kappa shape index (κ1) is 24.0. The van der Waals surface area contributed by atoms with Gasteiger partial charge in [-0.15, -0.1) is 0 Å². The van der Waals surface area contributed by atoms with E-state index < -0.39 is 0 Å². The predicted octanol–water partition coefficient (Wildman–Crippen LogP) is 7.49. The van der Waals surface area contributed by atoms with Crippen LogP contribution in [0.5, 0.6) is 0 Å². The molecule has 0 saturated heterocycles. The summed E-state index contributed by atoms with van der Waals surface area (Å²) in [5.74, 6) is 0. The number of aromatic nitrogens is 4. The molecule has 0 aliphatic rings. The first-order valence-corrected chi connectivity index (χ1v) is 12.7. The van der Waals surface area contributed by atoms with Gasteiger partial charge in [0.2, 0.25) is 0 Å². The van der Waals surface area contributed by atoms with Gasteiger partial charge in [0.15, 0.2) is 0 Å². The van der Waals surface area contributed by atoms with E-state index in [1.807, 2.05) is 76.2 Å². The molecule has 0 saturated carbocycles. The Morgan fingerprint density at radius 1 is 0.441 bits per heavy atom. The van der Waals surface area contributed by atoms with Crippen molar-refractivity contribution in [1.29, 1.82) is 0 Å². The molecular weight excluding hydrogens is 480 g/mol. The van der Waals surface area contributed by atoms with E-state index in [4.69, 9.17) is 19.9 Å². The van der Waals surface area contributed by atoms with Crippen molar-refractivity contribution in [1.82, 2.24) is 19.9 Å². The van der Waals surface area contributed by atoms with Crippen molar-refractivity contribution in [2.75, 3.05) is 0 Å². The van der Waals surface area contributed by atoms with Gasteiger partial charge in [0.1, 0.15) is 0 Å². The molecule has 1 aromatic heterocycles. The van der Waals surface area contributed by atoms with E-state index in [1.165, 1.54) is 0 Å². The third-order valence-corrected chi connectivity index (χ3v) is 5.92. The van der Waals surface area contributed by atoms with Crippen molar-refractivity contribution in [2.24, 2.45) is 0 Å². The Bertz CT molecular complexity index is 1400. The molecular formula is C28H24ClCrN4+2. The zero-order valence-electron chi connectivity index (χ0n) is 19.5. The summed E-state index contributed by atoms with van der Waals surface area (Å²) in [7, 11) is 4.51. The van der Waals surface area contributed by atoms with Crippen molar-refractivity contribution in [3.63, 3.8) is 0 Å². The van der Waals surface area contributed by atoms with Gasteiger partial charge in [-0.1, -0.05) is 48.5 Å². The van der Waals surface area contributed by atoms with Gasteiger partial charge < -0.3 is 0 Å². The quantitative estimate of drug-likeness (QED) is 0.220. The van der Waals surface area contributed by atoms with Crippen LogP contribution in [0.2, 0.25) is 0 Å². The molecule has 4 aromatic carbocycles. The number of rotatable bonds is 0. The van der Waals surface area contributed by atoms with E-state index in [2.05, 4.69) is 49.7 Å². The summed E-state index contributed by atoms with van der Waals surface area (Å²) in [5.41, 5.74) is 7.08. The molecule has 167 valence electrons. The third kappa shape index (κ3) is 4.74. The zero-order valence-corrected chi connectivity index (χ0v) is 21.5. The van der Waals surface area contributed by atoms with Gasteiger partial charge in [-0.2, -0.15) is 0 Å². The first-order valence-electron chi connectivity index (χ1n) is 10.9. The van der Waals surface area contributed by atoms with Crippen LogP contribution < -0.4 is 0 Å². The van der Waals surface area contributed by atoms with E-state index in [-0.39, 0.29) is 0 Å². The SMILES string of the molecule is Cc1nc2cccc3cccc(nc(C)c(C)nc4cccc5cccc(nc1C)c54)c32.[Cl][Cr+2]. The molecule has 5 rings (SSSR count). The molecule has 0 bridgehead atoms. The van der Waals surface area contributed by atoms with Gasteiger partial charge in [0, 0.05) is 10.8 Å². The Hall–Kier alpha value is -3.10. The first-order chi connectivity index (χ1) is 16.5. The molecule has 0 aliphatic carbocycles. The van der Waals surface area contributed by atoms with E-state index in [9.17, 15) is 0 Å². The Kier molecular flexibility index (Phi) is 7.39. The molecule has 0 atom stereocenters. The summed E-state index contributed by atoms with van der Waals surface area (Å²) in [6.45, 7) is 8.04. The second-order valence-electron chi connectivity index (χ2n) is 8.09. The Morgan fingerprint density at radius 3 is 0.912 bits per heavy atom. The number of hydrogen-bond acceptors (Lipinski definition) is 4. The molecule has 4 nitrogen and oxygen atoms in total. The van der Waals surface area contributed by atoms with E-state index in [0.717, 1.165) is 66.4 Å². The number of halogens is 1. The standard InChI is InChI=1S/C28H24N4.ClH.Cr/c1-17-18(2)30-24-14-6-11-22-12-8-16-26(28(22)24)32-20(4)19(3)31-25-15-7-10-21-9-5-13-23(29-17)27(21)25;;/h5-16H,1-4H3;1H;/q;;+3/p-1. The van der Waals surface area contributed by atoms with Gasteiger partial charge in [-0.3, -0.25) is 19.9 Å². The Balaban J connectivity index is 0.00000133. The fraction of sp³-hybridized carbons (Fsp3) is 0.143. The van der Waals surface area contributed by atoms with Gasteiger partial charge >= 0.3 is 25.4 Å². The fourth-order valence-corrected chi connectivity index (χ4v) is 4.02. The fourth-order valence-electron chi connectivity index (χ4n) is 4.02. The topological polar surface area (TPSA) is 51.6 Å². The van der Waals surface area contributed by atoms with Gasteiger partial charge in [0.25, 0.3) is 0 Å². The molecule has 0 amide bonds. The molecule has 5 aromatic rings. The normalized spacial score (nSPS) is 10.6. The molecule has 34 heavy (non-hydrogen) atoms. The van der Waals surface area contributed by atoms with Crippen LogP contribution in [0.25, 0.3) is 43.6 Å². The number of aryl methyl sites for hydroxylation is 4. The average Bonchev–Trinajstić information content (AvgIpc) is 2.85. The van der Waals surface area contributed by atoms with Crippen LogP contribution in [-0.2, 0) is 15.4 Å². The zero-order chi connectivity index (χ0) is 24.2. The van der Waals surface area contributed by atoms with Gasteiger partial charge in [-0.25, -0.2) is 0 Å². The van der Waals surface area contributed by atoms with Crippen LogP contribution >= 0.6 is 10.0 Å². The van der Waals surface area contributed by atoms with Crippen LogP contribution in [0, 0.1) is 27.7 Å². The van der Waals surface area contributed by atoms with Crippen molar-refractivity contribution < 1.29 is 15.4 Å². The molecule has 6 heteroatoms. The van der Waals surface area contributed by atoms with Crippen molar-refractivity contribution in [3.05, 3.63) is 95.6 Å². The monoisotopic (exact) mass is 503 g/mol. The molecule has 0 fully saturated rings. The van der Waals surface area contributed by atoms with Crippen LogP contribution in [0.4, 0.5) is 0 Å². The predicted molar refractivity (Wildman–Crippen MR) is 139 cm³/mol. The summed E-state index contributed by atoms with van der Waals surface area (Å²) >= 11 is 2.10. The molecule has 0 radical (unpaired) electrons. The van der Waals surface area contributed by atoms with Crippen molar-refractivity contribution in [3.8, 4) is 0 Å². The summed E-state index contributed by atoms with van der Waals surface area (Å²) < 4.78 is 0. The summed E-state index contributed by atoms with van der Waals surface area (Å²) in [6, 6.07) is 24.7. The van der Waals surface area contributed by atoms with E-state index >= 15 is 0 Å². The molecule has 0 aliphatic heterocycles. The Morgan fingerprint density at radius 2 is 0.676 bits per heavy atom. The summed E-state index contributed by atoms with van der Waals surface area (Å²) in [6.07, 6.45) is 0. The second-order valence-corrected chi connectivity index (χ2v) is 8.09.